The number of aromatic nitrogens is 4. The highest BCUT2D eigenvalue weighted by molar-refractivity contribution is 7.18. The van der Waals surface area contributed by atoms with Crippen molar-refractivity contribution in [3.8, 4) is 6.01 Å². The molecule has 7 nitrogen and oxygen atoms in total. The van der Waals surface area contributed by atoms with Crippen LogP contribution in [0, 0.1) is 0 Å². The molecule has 31 heavy (non-hydrogen) atoms. The zero-order valence-corrected chi connectivity index (χ0v) is 18.5. The molecule has 4 rings (SSSR count). The predicted octanol–water partition coefficient (Wildman–Crippen LogP) is 3.84. The third kappa shape index (κ3) is 5.03. The minimum atomic E-state index is 0.0121. The average Bonchev–Trinajstić information content (AvgIpc) is 3.22. The molecule has 0 aliphatic heterocycles. The number of likely N-dealkylation sites (N-methyl/N-ethyl adjacent to an activating group) is 1. The summed E-state index contributed by atoms with van der Waals surface area (Å²) in [5.41, 5.74) is 3.71. The van der Waals surface area contributed by atoms with Crippen LogP contribution in [0.5, 0.6) is 6.01 Å². The topological polar surface area (TPSA) is 81.1 Å². The van der Waals surface area contributed by atoms with E-state index in [0.29, 0.717) is 19.0 Å². The SMILES string of the molecule is CC(c1ccnc(OCc2ccc(CC(=O)N(C)C)cc2)n1)c1nc2cccnc2s1. The second kappa shape index (κ2) is 9.18. The fraction of sp³-hybridized carbons (Fsp3) is 0.261. The molecule has 0 spiro atoms. The molecule has 4 aromatic rings. The van der Waals surface area contributed by atoms with E-state index in [4.69, 9.17) is 4.74 Å². The summed E-state index contributed by atoms with van der Waals surface area (Å²) >= 11 is 1.57. The van der Waals surface area contributed by atoms with Gasteiger partial charge in [0.15, 0.2) is 0 Å². The van der Waals surface area contributed by atoms with Crippen LogP contribution < -0.4 is 4.74 Å². The number of amides is 1. The van der Waals surface area contributed by atoms with E-state index in [9.17, 15) is 4.79 Å². The number of thiazole rings is 1. The maximum absolute atomic E-state index is 11.8. The van der Waals surface area contributed by atoms with Crippen LogP contribution in [-0.4, -0.2) is 44.8 Å². The summed E-state index contributed by atoms with van der Waals surface area (Å²) < 4.78 is 5.81. The van der Waals surface area contributed by atoms with E-state index < -0.39 is 0 Å². The molecule has 0 aliphatic carbocycles. The van der Waals surface area contributed by atoms with Gasteiger partial charge < -0.3 is 9.64 Å². The third-order valence-electron chi connectivity index (χ3n) is 4.90. The van der Waals surface area contributed by atoms with Gasteiger partial charge in [-0.1, -0.05) is 42.5 Å². The lowest BCUT2D eigenvalue weighted by Crippen LogP contribution is -2.23. The molecule has 1 aromatic carbocycles. The molecule has 1 unspecified atom stereocenters. The fourth-order valence-electron chi connectivity index (χ4n) is 3.00. The van der Waals surface area contributed by atoms with Gasteiger partial charge in [0.2, 0.25) is 5.91 Å². The first kappa shape index (κ1) is 20.9. The zero-order valence-electron chi connectivity index (χ0n) is 17.6. The van der Waals surface area contributed by atoms with Crippen molar-refractivity contribution in [2.24, 2.45) is 0 Å². The molecule has 0 saturated heterocycles. The van der Waals surface area contributed by atoms with Crippen LogP contribution in [0.1, 0.15) is 34.7 Å². The summed E-state index contributed by atoms with van der Waals surface area (Å²) in [6.07, 6.45) is 3.87. The van der Waals surface area contributed by atoms with Crippen LogP contribution in [0.25, 0.3) is 10.3 Å². The molecule has 0 N–H and O–H groups in total. The second-order valence-electron chi connectivity index (χ2n) is 7.44. The molecule has 158 valence electrons. The zero-order chi connectivity index (χ0) is 21.8. The van der Waals surface area contributed by atoms with Crippen molar-refractivity contribution in [1.29, 1.82) is 0 Å². The van der Waals surface area contributed by atoms with E-state index >= 15 is 0 Å². The van der Waals surface area contributed by atoms with Gasteiger partial charge in [0.1, 0.15) is 22.0 Å². The van der Waals surface area contributed by atoms with Gasteiger partial charge >= 0.3 is 6.01 Å². The highest BCUT2D eigenvalue weighted by Gasteiger charge is 2.16. The van der Waals surface area contributed by atoms with Gasteiger partial charge in [-0.3, -0.25) is 4.79 Å². The number of hydrogen-bond acceptors (Lipinski definition) is 7. The van der Waals surface area contributed by atoms with Crippen LogP contribution in [0.4, 0.5) is 0 Å². The number of carbonyl (C=O) groups excluding carboxylic acids is 1. The van der Waals surface area contributed by atoms with E-state index in [1.807, 2.05) is 42.5 Å². The van der Waals surface area contributed by atoms with Crippen molar-refractivity contribution in [2.75, 3.05) is 14.1 Å². The van der Waals surface area contributed by atoms with Crippen molar-refractivity contribution >= 4 is 27.6 Å². The number of fused-ring (bicyclic) bond motifs is 1. The molecule has 0 radical (unpaired) electrons. The maximum Gasteiger partial charge on any atom is 0.316 e. The summed E-state index contributed by atoms with van der Waals surface area (Å²) in [6, 6.07) is 13.9. The van der Waals surface area contributed by atoms with Crippen LogP contribution in [-0.2, 0) is 17.8 Å². The molecule has 0 saturated carbocycles. The monoisotopic (exact) mass is 433 g/mol. The number of hydrogen-bond donors (Lipinski definition) is 0. The number of nitrogens with zero attached hydrogens (tertiary/aromatic N) is 5. The molecule has 3 aromatic heterocycles. The van der Waals surface area contributed by atoms with Gasteiger partial charge in [-0.15, -0.1) is 0 Å². The summed E-state index contributed by atoms with van der Waals surface area (Å²) in [5.74, 6) is 0.0883. The van der Waals surface area contributed by atoms with E-state index in [1.165, 1.54) is 0 Å². The Labute approximate surface area is 184 Å². The van der Waals surface area contributed by atoms with Gasteiger partial charge in [0, 0.05) is 26.5 Å². The Bertz CT molecular complexity index is 1160. The Morgan fingerprint density at radius 2 is 1.81 bits per heavy atom. The first-order chi connectivity index (χ1) is 15.0. The summed E-state index contributed by atoms with van der Waals surface area (Å²) in [6.45, 7) is 2.42. The van der Waals surface area contributed by atoms with E-state index in [0.717, 1.165) is 32.2 Å². The van der Waals surface area contributed by atoms with E-state index in [2.05, 4.69) is 26.9 Å². The number of benzene rings is 1. The Morgan fingerprint density at radius 1 is 1.03 bits per heavy atom. The molecule has 3 heterocycles. The Kier molecular flexibility index (Phi) is 6.18. The Hall–Kier alpha value is -3.39. The summed E-state index contributed by atoms with van der Waals surface area (Å²) in [7, 11) is 3.51. The lowest BCUT2D eigenvalue weighted by atomic mass is 10.1. The Balaban J connectivity index is 1.41. The van der Waals surface area contributed by atoms with Gasteiger partial charge in [0.25, 0.3) is 0 Å². The van der Waals surface area contributed by atoms with Gasteiger partial charge in [-0.25, -0.2) is 15.0 Å². The Morgan fingerprint density at radius 3 is 2.55 bits per heavy atom. The van der Waals surface area contributed by atoms with Crippen LogP contribution >= 0.6 is 11.3 Å². The van der Waals surface area contributed by atoms with Crippen molar-refractivity contribution in [2.45, 2.75) is 25.9 Å². The van der Waals surface area contributed by atoms with Crippen LogP contribution in [0.2, 0.25) is 0 Å². The number of pyridine rings is 1. The summed E-state index contributed by atoms with van der Waals surface area (Å²) in [5, 5.41) is 0.959. The normalized spacial score (nSPS) is 12.0. The highest BCUT2D eigenvalue weighted by atomic mass is 32.1. The van der Waals surface area contributed by atoms with Crippen molar-refractivity contribution in [1.82, 2.24) is 24.8 Å². The molecule has 0 fully saturated rings. The first-order valence-electron chi connectivity index (χ1n) is 9.95. The molecule has 0 aliphatic rings. The molecule has 1 atom stereocenters. The lowest BCUT2D eigenvalue weighted by Gasteiger charge is -2.11. The highest BCUT2D eigenvalue weighted by Crippen LogP contribution is 2.29. The molecular weight excluding hydrogens is 410 g/mol. The molecular formula is C23H23N5O2S. The molecule has 0 bridgehead atoms. The van der Waals surface area contributed by atoms with Gasteiger partial charge in [-0.2, -0.15) is 4.98 Å². The lowest BCUT2D eigenvalue weighted by molar-refractivity contribution is -0.127. The van der Waals surface area contributed by atoms with Crippen molar-refractivity contribution in [3.63, 3.8) is 0 Å². The second-order valence-corrected chi connectivity index (χ2v) is 8.44. The standard InChI is InChI=1S/C23H23N5O2S/c1-15(21-26-19-5-4-11-24-22(19)31-21)18-10-12-25-23(27-18)30-14-17-8-6-16(7-9-17)13-20(29)28(2)3/h4-12,15H,13-14H2,1-3H3. The minimum absolute atomic E-state index is 0.0121. The smallest absolute Gasteiger partial charge is 0.316 e. The third-order valence-corrected chi connectivity index (χ3v) is 6.06. The van der Waals surface area contributed by atoms with Crippen LogP contribution in [0.3, 0.4) is 0 Å². The number of rotatable bonds is 7. The largest absolute Gasteiger partial charge is 0.459 e. The van der Waals surface area contributed by atoms with Crippen LogP contribution in [0.15, 0.2) is 54.9 Å². The molecule has 1 amide bonds. The van der Waals surface area contributed by atoms with Gasteiger partial charge in [-0.05, 0) is 29.3 Å². The number of carbonyl (C=O) groups is 1. The summed E-state index contributed by atoms with van der Waals surface area (Å²) in [4.78, 5) is 32.2. The quantitative estimate of drug-likeness (QED) is 0.440. The minimum Gasteiger partial charge on any atom is -0.459 e. The number of ether oxygens (including phenoxy) is 1. The van der Waals surface area contributed by atoms with Gasteiger partial charge in [0.05, 0.1) is 18.0 Å². The average molecular weight is 434 g/mol. The van der Waals surface area contributed by atoms with E-state index in [1.54, 1.807) is 42.7 Å². The van der Waals surface area contributed by atoms with Crippen molar-refractivity contribution in [3.05, 3.63) is 76.7 Å². The van der Waals surface area contributed by atoms with Crippen molar-refractivity contribution < 1.29 is 9.53 Å². The fourth-order valence-corrected chi connectivity index (χ4v) is 3.97. The first-order valence-corrected chi connectivity index (χ1v) is 10.8. The van der Waals surface area contributed by atoms with E-state index in [-0.39, 0.29) is 11.8 Å². The molecule has 8 heteroatoms. The maximum atomic E-state index is 11.8. The predicted molar refractivity (Wildman–Crippen MR) is 120 cm³/mol.